The van der Waals surface area contributed by atoms with Crippen molar-refractivity contribution in [2.75, 3.05) is 18.6 Å². The molecular formula is C11H15Cl2NOS. The van der Waals surface area contributed by atoms with Gasteiger partial charge in [-0.1, -0.05) is 29.3 Å². The van der Waals surface area contributed by atoms with Crippen LogP contribution < -0.4 is 5.32 Å². The minimum absolute atomic E-state index is 0.576. The summed E-state index contributed by atoms with van der Waals surface area (Å²) in [4.78, 5) is 0. The van der Waals surface area contributed by atoms with Crippen LogP contribution in [0.5, 0.6) is 0 Å². The summed E-state index contributed by atoms with van der Waals surface area (Å²) in [7, 11) is -0.699. The summed E-state index contributed by atoms with van der Waals surface area (Å²) >= 11 is 11.7. The maximum Gasteiger partial charge on any atom is 0.0595 e. The van der Waals surface area contributed by atoms with E-state index in [0.717, 1.165) is 30.8 Å². The molecule has 0 aliphatic carbocycles. The summed E-state index contributed by atoms with van der Waals surface area (Å²) < 4.78 is 10.8. The fourth-order valence-corrected chi connectivity index (χ4v) is 2.15. The second kappa shape index (κ2) is 7.28. The van der Waals surface area contributed by atoms with Gasteiger partial charge in [-0.05, 0) is 30.7 Å². The van der Waals surface area contributed by atoms with Gasteiger partial charge < -0.3 is 5.32 Å². The summed E-state index contributed by atoms with van der Waals surface area (Å²) in [6.45, 7) is 1.62. The lowest BCUT2D eigenvalue weighted by Gasteiger charge is -2.05. The van der Waals surface area contributed by atoms with Gasteiger partial charge in [0, 0.05) is 29.4 Å². The van der Waals surface area contributed by atoms with Crippen molar-refractivity contribution in [3.8, 4) is 0 Å². The van der Waals surface area contributed by atoms with Gasteiger partial charge in [0.1, 0.15) is 0 Å². The molecule has 16 heavy (non-hydrogen) atoms. The number of benzene rings is 1. The van der Waals surface area contributed by atoms with E-state index in [9.17, 15) is 4.21 Å². The summed E-state index contributed by atoms with van der Waals surface area (Å²) in [5.74, 6) is 0.744. The molecule has 0 radical (unpaired) electrons. The highest BCUT2D eigenvalue weighted by Crippen LogP contribution is 2.22. The van der Waals surface area contributed by atoms with Gasteiger partial charge in [0.25, 0.3) is 0 Å². The topological polar surface area (TPSA) is 29.1 Å². The van der Waals surface area contributed by atoms with E-state index in [1.807, 2.05) is 12.1 Å². The highest BCUT2D eigenvalue weighted by Gasteiger charge is 1.99. The largest absolute Gasteiger partial charge is 0.313 e. The number of hydrogen-bond donors (Lipinski definition) is 1. The molecule has 0 spiro atoms. The lowest BCUT2D eigenvalue weighted by Crippen LogP contribution is -2.16. The predicted octanol–water partition coefficient (Wildman–Crippen LogP) is 2.85. The van der Waals surface area contributed by atoms with Crippen LogP contribution in [-0.2, 0) is 17.3 Å². The van der Waals surface area contributed by atoms with E-state index in [1.54, 1.807) is 12.3 Å². The first kappa shape index (κ1) is 14.0. The maximum atomic E-state index is 10.8. The Morgan fingerprint density at radius 3 is 2.69 bits per heavy atom. The summed E-state index contributed by atoms with van der Waals surface area (Å²) in [5.41, 5.74) is 1.10. The molecule has 0 fully saturated rings. The first-order chi connectivity index (χ1) is 7.59. The number of rotatable bonds is 6. The van der Waals surface area contributed by atoms with Crippen LogP contribution in [0, 0.1) is 0 Å². The lowest BCUT2D eigenvalue weighted by atomic mass is 10.2. The molecule has 0 bridgehead atoms. The first-order valence-electron chi connectivity index (χ1n) is 5.04. The molecule has 0 aliphatic rings. The van der Waals surface area contributed by atoms with Gasteiger partial charge in [-0.15, -0.1) is 0 Å². The van der Waals surface area contributed by atoms with Crippen LogP contribution in [0.3, 0.4) is 0 Å². The van der Waals surface area contributed by atoms with Crippen molar-refractivity contribution >= 4 is 34.0 Å². The zero-order valence-electron chi connectivity index (χ0n) is 9.13. The van der Waals surface area contributed by atoms with Crippen LogP contribution in [-0.4, -0.2) is 22.8 Å². The fraction of sp³-hybridized carbons (Fsp3) is 0.455. The molecule has 5 heteroatoms. The fourth-order valence-electron chi connectivity index (χ4n) is 1.28. The van der Waals surface area contributed by atoms with Crippen molar-refractivity contribution in [1.82, 2.24) is 5.32 Å². The number of halogens is 2. The molecule has 0 saturated carbocycles. The second-order valence-corrected chi connectivity index (χ2v) is 5.93. The number of nitrogens with one attached hydrogen (secondary N) is 1. The molecule has 0 heterocycles. The SMILES string of the molecule is CS(=O)CCCNCc1ccc(Cl)c(Cl)c1. The van der Waals surface area contributed by atoms with Crippen LogP contribution >= 0.6 is 23.2 Å². The van der Waals surface area contributed by atoms with Gasteiger partial charge in [-0.25, -0.2) is 0 Å². The van der Waals surface area contributed by atoms with Crippen molar-refractivity contribution in [2.24, 2.45) is 0 Å². The Hall–Kier alpha value is -0.0900. The third-order valence-electron chi connectivity index (χ3n) is 2.10. The number of hydrogen-bond acceptors (Lipinski definition) is 2. The van der Waals surface area contributed by atoms with E-state index < -0.39 is 10.8 Å². The zero-order valence-corrected chi connectivity index (χ0v) is 11.5. The Bertz CT molecular complexity index is 371. The Morgan fingerprint density at radius 1 is 1.31 bits per heavy atom. The molecule has 1 N–H and O–H groups in total. The standard InChI is InChI=1S/C11H15Cl2NOS/c1-16(15)6-2-5-14-8-9-3-4-10(12)11(13)7-9/h3-4,7,14H,2,5-6,8H2,1H3. The van der Waals surface area contributed by atoms with E-state index in [1.165, 1.54) is 0 Å². The summed E-state index contributed by atoms with van der Waals surface area (Å²) in [6, 6.07) is 5.59. The molecule has 0 saturated heterocycles. The van der Waals surface area contributed by atoms with Crippen molar-refractivity contribution in [2.45, 2.75) is 13.0 Å². The van der Waals surface area contributed by atoms with Crippen LogP contribution in [0.2, 0.25) is 10.0 Å². The maximum absolute atomic E-state index is 10.8. The first-order valence-corrected chi connectivity index (χ1v) is 7.52. The van der Waals surface area contributed by atoms with Gasteiger partial charge in [0.2, 0.25) is 0 Å². The van der Waals surface area contributed by atoms with Crippen LogP contribution in [0.25, 0.3) is 0 Å². The van der Waals surface area contributed by atoms with Crippen molar-refractivity contribution < 1.29 is 4.21 Å². The Balaban J connectivity index is 2.27. The zero-order chi connectivity index (χ0) is 12.0. The highest BCUT2D eigenvalue weighted by molar-refractivity contribution is 7.84. The average molecular weight is 280 g/mol. The Morgan fingerprint density at radius 2 is 2.06 bits per heavy atom. The molecule has 2 nitrogen and oxygen atoms in total. The van der Waals surface area contributed by atoms with Crippen molar-refractivity contribution in [3.63, 3.8) is 0 Å². The summed E-state index contributed by atoms with van der Waals surface area (Å²) in [6.07, 6.45) is 2.64. The Kier molecular flexibility index (Phi) is 6.36. The van der Waals surface area contributed by atoms with Crippen LogP contribution in [0.1, 0.15) is 12.0 Å². The average Bonchev–Trinajstić information content (AvgIpc) is 2.22. The third-order valence-corrected chi connectivity index (χ3v) is 3.70. The smallest absolute Gasteiger partial charge is 0.0595 e. The molecule has 1 unspecified atom stereocenters. The third kappa shape index (κ3) is 5.30. The van der Waals surface area contributed by atoms with Crippen LogP contribution in [0.4, 0.5) is 0 Å². The molecule has 1 rings (SSSR count). The van der Waals surface area contributed by atoms with Crippen LogP contribution in [0.15, 0.2) is 18.2 Å². The van der Waals surface area contributed by atoms with Gasteiger partial charge >= 0.3 is 0 Å². The predicted molar refractivity (Wildman–Crippen MR) is 71.7 cm³/mol. The van der Waals surface area contributed by atoms with Gasteiger partial charge in [-0.3, -0.25) is 4.21 Å². The highest BCUT2D eigenvalue weighted by atomic mass is 35.5. The molecule has 1 aromatic rings. The van der Waals surface area contributed by atoms with Crippen molar-refractivity contribution in [1.29, 1.82) is 0 Å². The van der Waals surface area contributed by atoms with E-state index in [0.29, 0.717) is 10.0 Å². The monoisotopic (exact) mass is 279 g/mol. The van der Waals surface area contributed by atoms with E-state index in [4.69, 9.17) is 23.2 Å². The van der Waals surface area contributed by atoms with Gasteiger partial charge in [0.15, 0.2) is 0 Å². The molecule has 0 amide bonds. The van der Waals surface area contributed by atoms with Gasteiger partial charge in [-0.2, -0.15) is 0 Å². The minimum Gasteiger partial charge on any atom is -0.313 e. The molecule has 0 aliphatic heterocycles. The second-order valence-electron chi connectivity index (χ2n) is 3.56. The quantitative estimate of drug-likeness (QED) is 0.812. The normalized spacial score (nSPS) is 12.7. The lowest BCUT2D eigenvalue weighted by molar-refractivity contribution is 0.662. The minimum atomic E-state index is -0.699. The van der Waals surface area contributed by atoms with E-state index >= 15 is 0 Å². The van der Waals surface area contributed by atoms with E-state index in [2.05, 4.69) is 5.32 Å². The molecule has 0 aromatic heterocycles. The Labute approximate surface area is 109 Å². The summed E-state index contributed by atoms with van der Waals surface area (Å²) in [5, 5.41) is 4.42. The molecular weight excluding hydrogens is 265 g/mol. The molecule has 1 atom stereocenters. The van der Waals surface area contributed by atoms with Crippen molar-refractivity contribution in [3.05, 3.63) is 33.8 Å². The molecule has 1 aromatic carbocycles. The van der Waals surface area contributed by atoms with Gasteiger partial charge in [0.05, 0.1) is 10.0 Å². The molecule has 90 valence electrons. The van der Waals surface area contributed by atoms with E-state index in [-0.39, 0.29) is 0 Å².